The van der Waals surface area contributed by atoms with Gasteiger partial charge in [0.25, 0.3) is 5.89 Å². The Morgan fingerprint density at radius 2 is 2.14 bits per heavy atom. The Kier molecular flexibility index (Phi) is 6.23. The lowest BCUT2D eigenvalue weighted by Gasteiger charge is -2.22. The Bertz CT molecular complexity index is 1560. The molecule has 188 valence electrons. The number of fused-ring (bicyclic) bond motifs is 1. The van der Waals surface area contributed by atoms with Crippen molar-refractivity contribution in [3.63, 3.8) is 0 Å². The molecule has 2 aliphatic carbocycles. The van der Waals surface area contributed by atoms with Gasteiger partial charge < -0.3 is 18.7 Å². The molecule has 0 aliphatic heterocycles. The molecule has 0 aromatic carbocycles. The largest absolute Gasteiger partial charge is 0.480 e. The summed E-state index contributed by atoms with van der Waals surface area (Å²) in [5.41, 5.74) is -0.111. The summed E-state index contributed by atoms with van der Waals surface area (Å²) in [6.45, 7) is 3.69. The van der Waals surface area contributed by atoms with Gasteiger partial charge in [-0.3, -0.25) is 10.1 Å². The number of carbonyl (C=O) groups excluding carboxylic acids is 1. The van der Waals surface area contributed by atoms with Crippen LogP contribution in [0.25, 0.3) is 11.4 Å². The standard InChI is InChI=1S/C24H18ClN5O6S/c1-11-4-3-5-13(17(11)25)12(2)34-23(33)28-18-14(30-37-15(18)10-26)6-7-16-27-19-20(35-16)36-21(29-19)24(8-9-24)22(31)32/h3,5,11-12H,4,8-9H2,1-2H3,(H,28,33)(H,31,32). The number of aromatic nitrogens is 3. The predicted molar refractivity (Wildman–Crippen MR) is 131 cm³/mol. The minimum Gasteiger partial charge on any atom is -0.480 e. The fourth-order valence-corrected chi connectivity index (χ4v) is 4.68. The first-order chi connectivity index (χ1) is 17.7. The van der Waals surface area contributed by atoms with Gasteiger partial charge in [-0.2, -0.15) is 19.6 Å². The zero-order chi connectivity index (χ0) is 26.3. The summed E-state index contributed by atoms with van der Waals surface area (Å²) in [4.78, 5) is 32.4. The van der Waals surface area contributed by atoms with Crippen molar-refractivity contribution >= 4 is 52.3 Å². The second-order valence-electron chi connectivity index (χ2n) is 8.65. The lowest BCUT2D eigenvalue weighted by atomic mass is 9.95. The third kappa shape index (κ3) is 4.57. The van der Waals surface area contributed by atoms with Gasteiger partial charge in [-0.05, 0) is 49.6 Å². The zero-order valence-electron chi connectivity index (χ0n) is 19.5. The predicted octanol–water partition coefficient (Wildman–Crippen LogP) is 4.69. The zero-order valence-corrected chi connectivity index (χ0v) is 21.1. The Morgan fingerprint density at radius 1 is 1.35 bits per heavy atom. The summed E-state index contributed by atoms with van der Waals surface area (Å²) in [6, 6.07) is 1.97. The monoisotopic (exact) mass is 539 g/mol. The van der Waals surface area contributed by atoms with E-state index in [1.165, 1.54) is 0 Å². The summed E-state index contributed by atoms with van der Waals surface area (Å²) < 4.78 is 20.5. The number of anilines is 1. The lowest BCUT2D eigenvalue weighted by molar-refractivity contribution is -0.140. The molecular weight excluding hydrogens is 522 g/mol. The molecule has 2 aliphatic rings. The molecule has 3 heterocycles. The number of oxazole rings is 2. The van der Waals surface area contributed by atoms with Gasteiger partial charge in [0.05, 0.1) is 0 Å². The Labute approximate surface area is 218 Å². The van der Waals surface area contributed by atoms with Crippen LogP contribution >= 0.6 is 23.1 Å². The molecule has 11 nitrogen and oxygen atoms in total. The van der Waals surface area contributed by atoms with E-state index in [4.69, 9.17) is 25.2 Å². The van der Waals surface area contributed by atoms with E-state index >= 15 is 0 Å². The maximum absolute atomic E-state index is 12.6. The molecule has 1 saturated carbocycles. The highest BCUT2D eigenvalue weighted by molar-refractivity contribution is 7.07. The first-order valence-electron chi connectivity index (χ1n) is 11.2. The highest BCUT2D eigenvalue weighted by atomic mass is 35.5. The molecule has 3 aromatic rings. The normalized spacial score (nSPS) is 18.6. The fraction of sp³-hybridized carbons (Fsp3) is 0.333. The third-order valence-electron chi connectivity index (χ3n) is 6.07. The van der Waals surface area contributed by atoms with Crippen molar-refractivity contribution in [2.45, 2.75) is 44.6 Å². The van der Waals surface area contributed by atoms with Crippen LogP contribution in [0.5, 0.6) is 0 Å². The SMILES string of the molecule is CC1CC=CC(C(C)OC(=O)Nc2c(C#Cc3nc4nc(C5(C(=O)O)CC5)oc4o3)nsc2C#N)=C1Cl. The summed E-state index contributed by atoms with van der Waals surface area (Å²) in [5, 5.41) is 22.0. The van der Waals surface area contributed by atoms with Crippen molar-refractivity contribution in [3.05, 3.63) is 45.1 Å². The van der Waals surface area contributed by atoms with E-state index in [2.05, 4.69) is 31.5 Å². The summed E-state index contributed by atoms with van der Waals surface area (Å²) >= 11 is 7.25. The number of aliphatic carboxylic acids is 1. The maximum Gasteiger partial charge on any atom is 0.412 e. The number of allylic oxidation sites excluding steroid dienone is 2. The van der Waals surface area contributed by atoms with E-state index < -0.39 is 23.6 Å². The molecular formula is C24H18ClN5O6S. The third-order valence-corrected chi connectivity index (χ3v) is 7.41. The highest BCUT2D eigenvalue weighted by Crippen LogP contribution is 2.48. The molecule has 1 amide bonds. The number of nitrogens with one attached hydrogen (secondary N) is 1. The van der Waals surface area contributed by atoms with E-state index in [-0.39, 0.29) is 45.4 Å². The molecule has 2 atom stereocenters. The molecule has 3 aromatic heterocycles. The first kappa shape index (κ1) is 24.6. The second kappa shape index (κ2) is 9.39. The summed E-state index contributed by atoms with van der Waals surface area (Å²) in [6.07, 6.45) is 4.07. The van der Waals surface area contributed by atoms with Crippen LogP contribution in [0, 0.1) is 29.1 Å². The quantitative estimate of drug-likeness (QED) is 0.434. The van der Waals surface area contributed by atoms with Gasteiger partial charge in [-0.25, -0.2) is 4.79 Å². The topological polar surface area (TPSA) is 164 Å². The molecule has 0 spiro atoms. The Hall–Kier alpha value is -4.13. The van der Waals surface area contributed by atoms with Gasteiger partial charge in [0.15, 0.2) is 5.69 Å². The second-order valence-corrected chi connectivity index (χ2v) is 9.83. The van der Waals surface area contributed by atoms with E-state index in [0.29, 0.717) is 23.4 Å². The number of carboxylic acids is 1. The number of nitrogens with zero attached hydrogens (tertiary/aromatic N) is 4. The summed E-state index contributed by atoms with van der Waals surface area (Å²) in [5.74, 6) is 4.44. The Morgan fingerprint density at radius 3 is 2.81 bits per heavy atom. The van der Waals surface area contributed by atoms with Crippen molar-refractivity contribution in [1.82, 2.24) is 14.3 Å². The number of carbonyl (C=O) groups is 2. The molecule has 5 rings (SSSR count). The minimum atomic E-state index is -1.12. The molecule has 0 bridgehead atoms. The average Bonchev–Trinajstić information content (AvgIpc) is 3.25. The number of hydrogen-bond acceptors (Lipinski definition) is 10. The van der Waals surface area contributed by atoms with Crippen LogP contribution in [0.1, 0.15) is 55.5 Å². The number of amides is 1. The van der Waals surface area contributed by atoms with Crippen LogP contribution < -0.4 is 5.32 Å². The van der Waals surface area contributed by atoms with E-state index in [9.17, 15) is 20.0 Å². The van der Waals surface area contributed by atoms with E-state index in [1.54, 1.807) is 6.92 Å². The van der Waals surface area contributed by atoms with Crippen LogP contribution in [-0.4, -0.2) is 37.6 Å². The van der Waals surface area contributed by atoms with E-state index in [0.717, 1.165) is 18.0 Å². The van der Waals surface area contributed by atoms with Crippen molar-refractivity contribution in [2.75, 3.05) is 5.32 Å². The molecule has 0 saturated heterocycles. The number of halogens is 1. The van der Waals surface area contributed by atoms with Gasteiger partial charge in [-0.1, -0.05) is 30.7 Å². The van der Waals surface area contributed by atoms with Crippen LogP contribution in [0.4, 0.5) is 10.5 Å². The van der Waals surface area contributed by atoms with Gasteiger partial charge in [-0.15, -0.1) is 0 Å². The molecule has 2 N–H and O–H groups in total. The van der Waals surface area contributed by atoms with Crippen LogP contribution in [0.3, 0.4) is 0 Å². The average molecular weight is 540 g/mol. The van der Waals surface area contributed by atoms with Gasteiger partial charge in [0.2, 0.25) is 11.5 Å². The fourth-order valence-electron chi connectivity index (χ4n) is 3.78. The van der Waals surface area contributed by atoms with E-state index in [1.807, 2.05) is 25.1 Å². The smallest absolute Gasteiger partial charge is 0.412 e. The lowest BCUT2D eigenvalue weighted by Crippen LogP contribution is -2.23. The molecule has 37 heavy (non-hydrogen) atoms. The number of ether oxygens (including phenoxy) is 1. The van der Waals surface area contributed by atoms with Gasteiger partial charge in [0, 0.05) is 16.5 Å². The number of rotatable bonds is 5. The molecule has 0 radical (unpaired) electrons. The first-order valence-corrected chi connectivity index (χ1v) is 12.3. The Balaban J connectivity index is 1.32. The molecule has 2 unspecified atom stereocenters. The molecule has 13 heteroatoms. The van der Waals surface area contributed by atoms with Crippen LogP contribution in [-0.2, 0) is 14.9 Å². The van der Waals surface area contributed by atoms with Gasteiger partial charge in [0.1, 0.15) is 28.2 Å². The van der Waals surface area contributed by atoms with Crippen molar-refractivity contribution in [3.8, 4) is 17.9 Å². The van der Waals surface area contributed by atoms with Crippen LogP contribution in [0.15, 0.2) is 31.6 Å². The number of carboxylic acid groups (broad SMARTS) is 1. The number of hydrogen-bond donors (Lipinski definition) is 2. The highest BCUT2D eigenvalue weighted by Gasteiger charge is 2.56. The van der Waals surface area contributed by atoms with Crippen molar-refractivity contribution in [2.24, 2.45) is 5.92 Å². The van der Waals surface area contributed by atoms with Crippen LogP contribution in [0.2, 0.25) is 0 Å². The number of nitriles is 1. The van der Waals surface area contributed by atoms with Gasteiger partial charge >= 0.3 is 17.8 Å². The minimum absolute atomic E-state index is 0.0437. The molecule has 1 fully saturated rings. The van der Waals surface area contributed by atoms with Crippen molar-refractivity contribution < 1.29 is 28.3 Å². The maximum atomic E-state index is 12.6. The summed E-state index contributed by atoms with van der Waals surface area (Å²) in [7, 11) is 0. The van der Waals surface area contributed by atoms with Crippen molar-refractivity contribution in [1.29, 1.82) is 5.26 Å².